The van der Waals surface area contributed by atoms with E-state index in [9.17, 15) is 0 Å². The molecule has 0 fully saturated rings. The largest absolute Gasteiger partial charge is 0.453 e. The van der Waals surface area contributed by atoms with Crippen molar-refractivity contribution in [3.63, 3.8) is 0 Å². The molecule has 0 radical (unpaired) electrons. The van der Waals surface area contributed by atoms with Crippen LogP contribution in [0.15, 0.2) is 45.7 Å². The lowest BCUT2D eigenvalue weighted by atomic mass is 10.1. The third-order valence-electron chi connectivity index (χ3n) is 2.30. The Bertz CT molecular complexity index is 444. The summed E-state index contributed by atoms with van der Waals surface area (Å²) in [4.78, 5) is 4.06. The van der Waals surface area contributed by atoms with Crippen LogP contribution in [0.1, 0.15) is 17.4 Å². The maximum absolute atomic E-state index is 5.52. The predicted octanol–water partition coefficient (Wildman–Crippen LogP) is 2.18. The molecule has 3 N–H and O–H groups in total. The highest BCUT2D eigenvalue weighted by atomic mass is 79.9. The van der Waals surface area contributed by atoms with Crippen molar-refractivity contribution in [3.05, 3.63) is 52.7 Å². The highest BCUT2D eigenvalue weighted by Crippen LogP contribution is 2.22. The van der Waals surface area contributed by atoms with Crippen molar-refractivity contribution >= 4 is 15.9 Å². The van der Waals surface area contributed by atoms with E-state index in [4.69, 9.17) is 10.3 Å². The highest BCUT2D eigenvalue weighted by molar-refractivity contribution is 9.10. The summed E-state index contributed by atoms with van der Waals surface area (Å²) in [7, 11) is 0. The quantitative estimate of drug-likeness (QED) is 0.666. The minimum atomic E-state index is -0.0458. The average molecular weight is 282 g/mol. The second kappa shape index (κ2) is 5.25. The lowest BCUT2D eigenvalue weighted by molar-refractivity contribution is 0.404. The predicted molar refractivity (Wildman–Crippen MR) is 64.4 cm³/mol. The van der Waals surface area contributed by atoms with E-state index in [-0.39, 0.29) is 6.04 Å². The van der Waals surface area contributed by atoms with E-state index in [0.717, 1.165) is 17.7 Å². The van der Waals surface area contributed by atoms with Gasteiger partial charge in [-0.15, -0.1) is 0 Å². The van der Waals surface area contributed by atoms with Gasteiger partial charge in [0.25, 0.3) is 0 Å². The summed E-state index contributed by atoms with van der Waals surface area (Å²) in [5, 5.41) is 0. The van der Waals surface area contributed by atoms with E-state index in [1.165, 1.54) is 0 Å². The Balaban J connectivity index is 2.12. The molecule has 2 heterocycles. The molecule has 1 atom stereocenters. The number of halogens is 1. The number of rotatable bonds is 4. The first kappa shape index (κ1) is 11.3. The summed E-state index contributed by atoms with van der Waals surface area (Å²) in [6.45, 7) is 0. The number of nitrogens with zero attached hydrogens (tertiary/aromatic N) is 1. The molecule has 0 aliphatic rings. The lowest BCUT2D eigenvalue weighted by Gasteiger charge is -2.12. The van der Waals surface area contributed by atoms with Gasteiger partial charge in [0.2, 0.25) is 0 Å². The second-order valence-electron chi connectivity index (χ2n) is 3.43. The van der Waals surface area contributed by atoms with E-state index < -0.39 is 0 Å². The maximum atomic E-state index is 5.52. The molecule has 5 heteroatoms. The zero-order chi connectivity index (χ0) is 11.4. The topological polar surface area (TPSA) is 64.1 Å². The van der Waals surface area contributed by atoms with Crippen LogP contribution in [0.4, 0.5) is 0 Å². The van der Waals surface area contributed by atoms with Crippen LogP contribution in [-0.4, -0.2) is 4.98 Å². The third-order valence-corrected chi connectivity index (χ3v) is 2.73. The number of hydrazine groups is 1. The van der Waals surface area contributed by atoms with Gasteiger partial charge in [-0.3, -0.25) is 10.8 Å². The van der Waals surface area contributed by atoms with Gasteiger partial charge in [0.15, 0.2) is 4.67 Å². The van der Waals surface area contributed by atoms with Crippen LogP contribution < -0.4 is 11.3 Å². The SMILES string of the molecule is NNC(Cc1cccnc1)c1ccc(Br)o1. The minimum Gasteiger partial charge on any atom is -0.453 e. The van der Waals surface area contributed by atoms with E-state index in [0.29, 0.717) is 4.67 Å². The number of nitrogens with two attached hydrogens (primary N) is 1. The fourth-order valence-corrected chi connectivity index (χ4v) is 1.83. The van der Waals surface area contributed by atoms with Crippen LogP contribution in [0.5, 0.6) is 0 Å². The van der Waals surface area contributed by atoms with Crippen molar-refractivity contribution < 1.29 is 4.42 Å². The molecule has 4 nitrogen and oxygen atoms in total. The minimum absolute atomic E-state index is 0.0458. The summed E-state index contributed by atoms with van der Waals surface area (Å²) in [6.07, 6.45) is 4.31. The highest BCUT2D eigenvalue weighted by Gasteiger charge is 2.14. The Hall–Kier alpha value is -1.17. The molecule has 0 aliphatic heterocycles. The van der Waals surface area contributed by atoms with Gasteiger partial charge in [-0.05, 0) is 46.1 Å². The molecule has 0 bridgehead atoms. The molecule has 0 amide bonds. The molecule has 0 saturated heterocycles. The third kappa shape index (κ3) is 2.69. The van der Waals surface area contributed by atoms with Crippen molar-refractivity contribution in [3.8, 4) is 0 Å². The molecular formula is C11H12BrN3O. The molecule has 2 aromatic heterocycles. The monoisotopic (exact) mass is 281 g/mol. The van der Waals surface area contributed by atoms with Crippen molar-refractivity contribution in [2.75, 3.05) is 0 Å². The summed E-state index contributed by atoms with van der Waals surface area (Å²) < 4.78 is 6.17. The summed E-state index contributed by atoms with van der Waals surface area (Å²) in [6, 6.07) is 7.61. The molecule has 0 aliphatic carbocycles. The van der Waals surface area contributed by atoms with Gasteiger partial charge in [0, 0.05) is 12.4 Å². The Morgan fingerprint density at radius 2 is 2.31 bits per heavy atom. The molecule has 16 heavy (non-hydrogen) atoms. The number of hydrogen-bond donors (Lipinski definition) is 2. The average Bonchev–Trinajstić information content (AvgIpc) is 2.74. The number of furan rings is 1. The summed E-state index contributed by atoms with van der Waals surface area (Å²) in [5.74, 6) is 6.32. The maximum Gasteiger partial charge on any atom is 0.169 e. The molecular weight excluding hydrogens is 270 g/mol. The van der Waals surface area contributed by atoms with Crippen LogP contribution in [-0.2, 0) is 6.42 Å². The van der Waals surface area contributed by atoms with Gasteiger partial charge in [-0.2, -0.15) is 0 Å². The van der Waals surface area contributed by atoms with Crippen LogP contribution in [0.25, 0.3) is 0 Å². The van der Waals surface area contributed by atoms with E-state index in [2.05, 4.69) is 26.3 Å². The number of nitrogens with one attached hydrogen (secondary N) is 1. The van der Waals surface area contributed by atoms with Crippen molar-refractivity contribution in [1.29, 1.82) is 0 Å². The first-order valence-electron chi connectivity index (χ1n) is 4.90. The Labute approximate surface area is 102 Å². The standard InChI is InChI=1S/C11H12BrN3O/c12-11-4-3-10(16-11)9(15-13)6-8-2-1-5-14-7-8/h1-5,7,9,15H,6,13H2. The molecule has 84 valence electrons. The zero-order valence-electron chi connectivity index (χ0n) is 8.56. The van der Waals surface area contributed by atoms with Gasteiger partial charge in [-0.25, -0.2) is 5.43 Å². The van der Waals surface area contributed by atoms with Gasteiger partial charge in [0.1, 0.15) is 5.76 Å². The first-order chi connectivity index (χ1) is 7.79. The fraction of sp³-hybridized carbons (Fsp3) is 0.182. The smallest absolute Gasteiger partial charge is 0.169 e. The number of pyridine rings is 1. The molecule has 2 rings (SSSR count). The van der Waals surface area contributed by atoms with Gasteiger partial charge in [-0.1, -0.05) is 6.07 Å². The fourth-order valence-electron chi connectivity index (χ4n) is 1.51. The van der Waals surface area contributed by atoms with Gasteiger partial charge in [0.05, 0.1) is 6.04 Å². The molecule has 0 saturated carbocycles. The van der Waals surface area contributed by atoms with E-state index in [1.807, 2.05) is 30.5 Å². The van der Waals surface area contributed by atoms with Crippen molar-refractivity contribution in [2.24, 2.45) is 5.84 Å². The van der Waals surface area contributed by atoms with Crippen molar-refractivity contribution in [1.82, 2.24) is 10.4 Å². The van der Waals surface area contributed by atoms with Crippen LogP contribution in [0, 0.1) is 0 Å². The molecule has 2 aromatic rings. The lowest BCUT2D eigenvalue weighted by Crippen LogP contribution is -2.29. The van der Waals surface area contributed by atoms with Gasteiger partial charge >= 0.3 is 0 Å². The zero-order valence-corrected chi connectivity index (χ0v) is 10.1. The molecule has 0 aromatic carbocycles. The Morgan fingerprint density at radius 1 is 1.44 bits per heavy atom. The molecule has 0 spiro atoms. The normalized spacial score (nSPS) is 12.6. The summed E-state index contributed by atoms with van der Waals surface area (Å²) in [5.41, 5.74) is 3.85. The second-order valence-corrected chi connectivity index (χ2v) is 4.21. The first-order valence-corrected chi connectivity index (χ1v) is 5.69. The van der Waals surface area contributed by atoms with Crippen LogP contribution in [0.3, 0.4) is 0 Å². The number of aromatic nitrogens is 1. The van der Waals surface area contributed by atoms with Crippen molar-refractivity contribution in [2.45, 2.75) is 12.5 Å². The van der Waals surface area contributed by atoms with Gasteiger partial charge < -0.3 is 4.42 Å². The van der Waals surface area contributed by atoms with E-state index >= 15 is 0 Å². The number of hydrogen-bond acceptors (Lipinski definition) is 4. The Morgan fingerprint density at radius 3 is 2.88 bits per heavy atom. The summed E-state index contributed by atoms with van der Waals surface area (Å²) >= 11 is 3.27. The Kier molecular flexibility index (Phi) is 3.71. The van der Waals surface area contributed by atoms with Crippen LogP contribution >= 0.6 is 15.9 Å². The van der Waals surface area contributed by atoms with E-state index in [1.54, 1.807) is 6.20 Å². The van der Waals surface area contributed by atoms with Crippen LogP contribution in [0.2, 0.25) is 0 Å². The molecule has 1 unspecified atom stereocenters.